The van der Waals surface area contributed by atoms with Crippen molar-refractivity contribution in [3.8, 4) is 44.5 Å². The van der Waals surface area contributed by atoms with Gasteiger partial charge >= 0.3 is 0 Å². The number of fused-ring (bicyclic) bond motifs is 4. The lowest BCUT2D eigenvalue weighted by Gasteiger charge is -2.28. The van der Waals surface area contributed by atoms with Crippen molar-refractivity contribution in [3.63, 3.8) is 0 Å². The first kappa shape index (κ1) is 42.6. The molecule has 13 aromatic rings. The van der Waals surface area contributed by atoms with Gasteiger partial charge in [-0.1, -0.05) is 218 Å². The van der Waals surface area contributed by atoms with Crippen molar-refractivity contribution in [2.45, 2.75) is 0 Å². The van der Waals surface area contributed by atoms with Crippen LogP contribution in [0.15, 0.2) is 291 Å². The normalized spacial score (nSPS) is 11.3. The summed E-state index contributed by atoms with van der Waals surface area (Å²) in [7, 11) is 0. The number of para-hydroxylation sites is 2. The van der Waals surface area contributed by atoms with E-state index in [1.807, 2.05) is 0 Å². The molecule has 0 amide bonds. The minimum atomic E-state index is 1.08. The number of anilines is 6. The van der Waals surface area contributed by atoms with Gasteiger partial charge in [-0.25, -0.2) is 0 Å². The average Bonchev–Trinajstić information content (AvgIpc) is 3.46. The summed E-state index contributed by atoms with van der Waals surface area (Å²) in [4.78, 5) is 4.79. The molecule has 2 heteroatoms. The summed E-state index contributed by atoms with van der Waals surface area (Å²) in [5, 5.41) is 9.60. The average molecular weight is 917 g/mol. The molecular formula is C70H48N2. The smallest absolute Gasteiger partial charge is 0.0468 e. The fraction of sp³-hybridized carbons (Fsp3) is 0. The van der Waals surface area contributed by atoms with Crippen molar-refractivity contribution in [2.75, 3.05) is 9.80 Å². The SMILES string of the molecule is c1ccc(-c2ccc(N(c3ccccc3)c3ccc4c(-c5cccc6ccccc56)c5cc(N(c6ccccc6)c6ccc(-c7ccccc7)cc6)ccc5c(-c5cccc6ccccc56)c4c3)cc2)cc1. The molecule has 0 saturated heterocycles. The molecule has 13 rings (SSSR count). The third-order valence-electron chi connectivity index (χ3n) is 14.2. The molecule has 0 unspecified atom stereocenters. The second-order valence-electron chi connectivity index (χ2n) is 18.4. The minimum absolute atomic E-state index is 1.08. The zero-order valence-corrected chi connectivity index (χ0v) is 39.6. The van der Waals surface area contributed by atoms with E-state index in [1.165, 1.54) is 87.6 Å². The molecule has 0 aliphatic heterocycles. The number of rotatable bonds is 10. The van der Waals surface area contributed by atoms with Crippen LogP contribution in [0.2, 0.25) is 0 Å². The molecule has 2 nitrogen and oxygen atoms in total. The standard InChI is InChI=1S/C70H48N2/c1-5-19-49(20-6-1)51-35-39-57(40-36-51)71(55-27-9-3-10-28-55)59-43-45-65-67(47-59)69(63-33-17-25-53-23-13-15-31-61(53)63)66-46-44-60(48-68(66)70(65)64-34-18-26-54-24-14-16-32-62(54)64)72(56-29-11-4-12-30-56)58-41-37-52(38-42-58)50-21-7-2-8-22-50/h1-48H. The number of hydrogen-bond donors (Lipinski definition) is 0. The van der Waals surface area contributed by atoms with E-state index in [1.54, 1.807) is 0 Å². The molecular weight excluding hydrogens is 869 g/mol. The van der Waals surface area contributed by atoms with E-state index >= 15 is 0 Å². The maximum absolute atomic E-state index is 2.44. The Morgan fingerprint density at radius 1 is 0.181 bits per heavy atom. The molecule has 0 fully saturated rings. The Labute approximate surface area is 420 Å². The maximum Gasteiger partial charge on any atom is 0.0468 e. The van der Waals surface area contributed by atoms with Gasteiger partial charge in [0.2, 0.25) is 0 Å². The lowest BCUT2D eigenvalue weighted by Crippen LogP contribution is -2.10. The first-order chi connectivity index (χ1) is 35.7. The van der Waals surface area contributed by atoms with Crippen LogP contribution >= 0.6 is 0 Å². The first-order valence-electron chi connectivity index (χ1n) is 24.7. The van der Waals surface area contributed by atoms with Gasteiger partial charge in [-0.2, -0.15) is 0 Å². The predicted octanol–water partition coefficient (Wildman–Crippen LogP) is 19.9. The zero-order valence-electron chi connectivity index (χ0n) is 39.6. The lowest BCUT2D eigenvalue weighted by molar-refractivity contribution is 1.29. The van der Waals surface area contributed by atoms with Crippen LogP contribution in [-0.4, -0.2) is 0 Å². The molecule has 0 aliphatic rings. The summed E-state index contributed by atoms with van der Waals surface area (Å²) < 4.78 is 0. The van der Waals surface area contributed by atoms with Crippen LogP contribution in [0.1, 0.15) is 0 Å². The highest BCUT2D eigenvalue weighted by atomic mass is 15.1. The van der Waals surface area contributed by atoms with Crippen molar-refractivity contribution < 1.29 is 0 Å². The summed E-state index contributed by atoms with van der Waals surface area (Å²) in [6, 6.07) is 106. The molecule has 0 N–H and O–H groups in total. The van der Waals surface area contributed by atoms with Crippen LogP contribution in [0.4, 0.5) is 34.1 Å². The number of nitrogens with zero attached hydrogens (tertiary/aromatic N) is 2. The molecule has 72 heavy (non-hydrogen) atoms. The zero-order chi connectivity index (χ0) is 47.8. The minimum Gasteiger partial charge on any atom is -0.310 e. The Hall–Kier alpha value is -9.50. The van der Waals surface area contributed by atoms with Crippen molar-refractivity contribution in [2.24, 2.45) is 0 Å². The second-order valence-corrected chi connectivity index (χ2v) is 18.4. The molecule has 13 aromatic carbocycles. The third-order valence-corrected chi connectivity index (χ3v) is 14.2. The van der Waals surface area contributed by atoms with E-state index in [0.717, 1.165) is 34.1 Å². The lowest BCUT2D eigenvalue weighted by atomic mass is 9.83. The number of benzene rings is 13. The van der Waals surface area contributed by atoms with Crippen molar-refractivity contribution in [1.82, 2.24) is 0 Å². The number of hydrogen-bond acceptors (Lipinski definition) is 2. The van der Waals surface area contributed by atoms with Gasteiger partial charge in [-0.15, -0.1) is 0 Å². The summed E-state index contributed by atoms with van der Waals surface area (Å²) in [6.07, 6.45) is 0. The van der Waals surface area contributed by atoms with Crippen molar-refractivity contribution in [3.05, 3.63) is 291 Å². The summed E-state index contributed by atoms with van der Waals surface area (Å²) >= 11 is 0. The second kappa shape index (κ2) is 18.4. The topological polar surface area (TPSA) is 6.48 Å². The van der Waals surface area contributed by atoms with Gasteiger partial charge in [-0.3, -0.25) is 0 Å². The van der Waals surface area contributed by atoms with Crippen molar-refractivity contribution >= 4 is 77.2 Å². The Bertz CT molecular complexity index is 3780. The van der Waals surface area contributed by atoms with Gasteiger partial charge in [0.25, 0.3) is 0 Å². The van der Waals surface area contributed by atoms with E-state index in [-0.39, 0.29) is 0 Å². The molecule has 0 aliphatic carbocycles. The monoisotopic (exact) mass is 916 g/mol. The van der Waals surface area contributed by atoms with E-state index in [0.29, 0.717) is 0 Å². The maximum atomic E-state index is 2.44. The fourth-order valence-corrected chi connectivity index (χ4v) is 10.9. The molecule has 0 atom stereocenters. The quantitative estimate of drug-likeness (QED) is 0.126. The summed E-state index contributed by atoms with van der Waals surface area (Å²) in [5.41, 5.74) is 16.1. The van der Waals surface area contributed by atoms with Gasteiger partial charge in [0.15, 0.2) is 0 Å². The largest absolute Gasteiger partial charge is 0.310 e. The Morgan fingerprint density at radius 2 is 0.486 bits per heavy atom. The van der Waals surface area contributed by atoms with E-state index in [4.69, 9.17) is 0 Å². The fourth-order valence-electron chi connectivity index (χ4n) is 10.9. The highest BCUT2D eigenvalue weighted by Crippen LogP contribution is 2.50. The van der Waals surface area contributed by atoms with Crippen LogP contribution in [-0.2, 0) is 0 Å². The van der Waals surface area contributed by atoms with E-state index in [9.17, 15) is 0 Å². The van der Waals surface area contributed by atoms with Gasteiger partial charge in [-0.05, 0) is 160 Å². The van der Waals surface area contributed by atoms with E-state index < -0.39 is 0 Å². The van der Waals surface area contributed by atoms with E-state index in [2.05, 4.69) is 301 Å². The molecule has 0 saturated carbocycles. The molecule has 0 radical (unpaired) electrons. The van der Waals surface area contributed by atoms with Crippen LogP contribution < -0.4 is 9.80 Å². The molecule has 0 heterocycles. The Morgan fingerprint density at radius 3 is 0.889 bits per heavy atom. The molecule has 0 spiro atoms. The van der Waals surface area contributed by atoms with Crippen LogP contribution in [0.25, 0.3) is 87.6 Å². The van der Waals surface area contributed by atoms with Gasteiger partial charge in [0.05, 0.1) is 0 Å². The van der Waals surface area contributed by atoms with Gasteiger partial charge in [0.1, 0.15) is 0 Å². The Balaban J connectivity index is 1.11. The molecule has 0 aromatic heterocycles. The summed E-state index contributed by atoms with van der Waals surface area (Å²) in [6.45, 7) is 0. The third kappa shape index (κ3) is 7.73. The van der Waals surface area contributed by atoms with Crippen LogP contribution in [0.3, 0.4) is 0 Å². The highest BCUT2D eigenvalue weighted by molar-refractivity contribution is 6.26. The molecule has 0 bridgehead atoms. The predicted molar refractivity (Wildman–Crippen MR) is 308 cm³/mol. The molecule has 338 valence electrons. The Kier molecular flexibility index (Phi) is 10.9. The first-order valence-corrected chi connectivity index (χ1v) is 24.7. The van der Waals surface area contributed by atoms with Gasteiger partial charge in [0, 0.05) is 34.1 Å². The van der Waals surface area contributed by atoms with Crippen molar-refractivity contribution in [1.29, 1.82) is 0 Å². The highest BCUT2D eigenvalue weighted by Gasteiger charge is 2.24. The van der Waals surface area contributed by atoms with Crippen LogP contribution in [0, 0.1) is 0 Å². The summed E-state index contributed by atoms with van der Waals surface area (Å²) in [5.74, 6) is 0. The van der Waals surface area contributed by atoms with Gasteiger partial charge < -0.3 is 9.80 Å². The van der Waals surface area contributed by atoms with Crippen LogP contribution in [0.5, 0.6) is 0 Å².